The van der Waals surface area contributed by atoms with E-state index in [1.165, 1.54) is 6.07 Å². The fraction of sp³-hybridized carbons (Fsp3) is 0.444. The smallest absolute Gasteiger partial charge is 0.146 e. The minimum absolute atomic E-state index is 0.0162. The summed E-state index contributed by atoms with van der Waals surface area (Å²) in [5, 5.41) is 7.04. The molecule has 2 N–H and O–H groups in total. The van der Waals surface area contributed by atoms with E-state index in [4.69, 9.17) is 23.2 Å². The van der Waals surface area contributed by atoms with Crippen LogP contribution in [0.5, 0.6) is 0 Å². The van der Waals surface area contributed by atoms with Gasteiger partial charge in [-0.3, -0.25) is 0 Å². The van der Waals surface area contributed by atoms with Gasteiger partial charge >= 0.3 is 0 Å². The van der Waals surface area contributed by atoms with Crippen molar-refractivity contribution in [2.24, 2.45) is 5.92 Å². The third kappa shape index (κ3) is 4.05. The largest absolute Gasteiger partial charge is 0.380 e. The molecule has 0 aromatic heterocycles. The van der Waals surface area contributed by atoms with Crippen molar-refractivity contribution in [2.45, 2.75) is 18.3 Å². The lowest BCUT2D eigenvalue weighted by molar-refractivity contribution is 0.563. The molecule has 6 heteroatoms. The van der Waals surface area contributed by atoms with Crippen molar-refractivity contribution in [1.29, 1.82) is 0 Å². The van der Waals surface area contributed by atoms with Crippen molar-refractivity contribution in [3.05, 3.63) is 47.3 Å². The molecule has 0 spiro atoms. The Morgan fingerprint density at radius 1 is 1.33 bits per heavy atom. The van der Waals surface area contributed by atoms with Crippen LogP contribution in [0, 0.1) is 11.7 Å². The normalized spacial score (nSPS) is 25.3. The van der Waals surface area contributed by atoms with E-state index in [2.05, 4.69) is 15.5 Å². The van der Waals surface area contributed by atoms with E-state index in [9.17, 15) is 4.39 Å². The quantitative estimate of drug-likeness (QED) is 0.786. The molecule has 1 heterocycles. The maximum atomic E-state index is 14.2. The summed E-state index contributed by atoms with van der Waals surface area (Å²) in [6.45, 7) is 5.77. The standard InChI is InChI=1S/C18H22Cl2FN3/c1-12(15-4-2-13(19)10-16(15)20)23-18-11-14(3-5-17(18)21)24-8-6-22-7-9-24/h2-5,10-12,15-16,22-23H,6-9H2,1H3. The SMILES string of the molecule is CC(Nc1cc(N2CCNCC2)ccc1F)C1C=CC(Cl)=CC1Cl. The van der Waals surface area contributed by atoms with Gasteiger partial charge in [0.25, 0.3) is 0 Å². The van der Waals surface area contributed by atoms with Gasteiger partial charge in [0.15, 0.2) is 0 Å². The molecule has 1 aromatic carbocycles. The first-order valence-electron chi connectivity index (χ1n) is 8.26. The molecule has 1 aliphatic heterocycles. The fourth-order valence-electron chi connectivity index (χ4n) is 3.16. The molecular formula is C18H22Cl2FN3. The molecule has 2 aliphatic rings. The van der Waals surface area contributed by atoms with Gasteiger partial charge in [-0.25, -0.2) is 4.39 Å². The first-order valence-corrected chi connectivity index (χ1v) is 9.07. The van der Waals surface area contributed by atoms with E-state index in [1.807, 2.05) is 37.3 Å². The molecule has 3 nitrogen and oxygen atoms in total. The molecule has 1 saturated heterocycles. The van der Waals surface area contributed by atoms with Crippen LogP contribution in [0.15, 0.2) is 41.5 Å². The average molecular weight is 370 g/mol. The minimum Gasteiger partial charge on any atom is -0.380 e. The fourth-order valence-corrected chi connectivity index (χ4v) is 3.87. The zero-order chi connectivity index (χ0) is 17.1. The van der Waals surface area contributed by atoms with Crippen LogP contribution in [0.4, 0.5) is 15.8 Å². The van der Waals surface area contributed by atoms with Gasteiger partial charge in [0.05, 0.1) is 11.1 Å². The van der Waals surface area contributed by atoms with Crippen molar-refractivity contribution >= 4 is 34.6 Å². The second kappa shape index (κ2) is 7.77. The molecule has 1 aliphatic carbocycles. The Kier molecular flexibility index (Phi) is 5.69. The number of hydrogen-bond acceptors (Lipinski definition) is 3. The topological polar surface area (TPSA) is 27.3 Å². The lowest BCUT2D eigenvalue weighted by Crippen LogP contribution is -2.43. The maximum absolute atomic E-state index is 14.2. The Morgan fingerprint density at radius 2 is 2.08 bits per heavy atom. The number of piperazine rings is 1. The number of rotatable bonds is 4. The number of hydrogen-bond donors (Lipinski definition) is 2. The summed E-state index contributed by atoms with van der Waals surface area (Å²) in [5.41, 5.74) is 1.55. The number of alkyl halides is 1. The van der Waals surface area contributed by atoms with E-state index < -0.39 is 0 Å². The minimum atomic E-state index is -0.250. The second-order valence-corrected chi connectivity index (χ2v) is 7.21. The predicted octanol–water partition coefficient (Wildman–Crippen LogP) is 3.95. The molecule has 3 unspecified atom stereocenters. The van der Waals surface area contributed by atoms with E-state index in [0.29, 0.717) is 10.7 Å². The van der Waals surface area contributed by atoms with Crippen LogP contribution in [-0.4, -0.2) is 37.6 Å². The highest BCUT2D eigenvalue weighted by Gasteiger charge is 2.25. The highest BCUT2D eigenvalue weighted by molar-refractivity contribution is 6.32. The van der Waals surface area contributed by atoms with E-state index in [0.717, 1.165) is 31.9 Å². The predicted molar refractivity (Wildman–Crippen MR) is 101 cm³/mol. The van der Waals surface area contributed by atoms with Crippen molar-refractivity contribution in [3.8, 4) is 0 Å². The van der Waals surface area contributed by atoms with Gasteiger partial charge in [-0.15, -0.1) is 11.6 Å². The van der Waals surface area contributed by atoms with Crippen molar-refractivity contribution < 1.29 is 4.39 Å². The summed E-state index contributed by atoms with van der Waals surface area (Å²) < 4.78 is 14.2. The zero-order valence-corrected chi connectivity index (χ0v) is 15.1. The first kappa shape index (κ1) is 17.6. The Bertz CT molecular complexity index is 641. The van der Waals surface area contributed by atoms with Gasteiger partial charge in [0.2, 0.25) is 0 Å². The molecule has 3 rings (SSSR count). The van der Waals surface area contributed by atoms with Crippen LogP contribution in [0.1, 0.15) is 6.92 Å². The lowest BCUT2D eigenvalue weighted by Gasteiger charge is -2.31. The summed E-state index contributed by atoms with van der Waals surface area (Å²) in [6, 6.07) is 5.23. The molecule has 24 heavy (non-hydrogen) atoms. The summed E-state index contributed by atoms with van der Waals surface area (Å²) in [5.74, 6) is -0.198. The summed E-state index contributed by atoms with van der Waals surface area (Å²) >= 11 is 12.3. The molecule has 0 amide bonds. The third-order valence-corrected chi connectivity index (χ3v) is 5.23. The van der Waals surface area contributed by atoms with Gasteiger partial charge in [0.1, 0.15) is 5.82 Å². The summed E-state index contributed by atoms with van der Waals surface area (Å²) in [4.78, 5) is 2.26. The van der Waals surface area contributed by atoms with E-state index in [-0.39, 0.29) is 23.2 Å². The molecule has 1 fully saturated rings. The Balaban J connectivity index is 1.73. The number of halogens is 3. The third-order valence-electron chi connectivity index (χ3n) is 4.56. The molecule has 0 radical (unpaired) electrons. The molecule has 0 bridgehead atoms. The van der Waals surface area contributed by atoms with Gasteiger partial charge in [-0.05, 0) is 37.3 Å². The van der Waals surface area contributed by atoms with E-state index in [1.54, 1.807) is 0 Å². The van der Waals surface area contributed by atoms with Crippen molar-refractivity contribution in [3.63, 3.8) is 0 Å². The maximum Gasteiger partial charge on any atom is 0.146 e. The number of benzene rings is 1. The molecule has 3 atom stereocenters. The highest BCUT2D eigenvalue weighted by atomic mass is 35.5. The van der Waals surface area contributed by atoms with Gasteiger partial charge in [-0.1, -0.05) is 17.7 Å². The zero-order valence-electron chi connectivity index (χ0n) is 13.6. The Hall–Kier alpha value is -1.23. The molecular weight excluding hydrogens is 348 g/mol. The van der Waals surface area contributed by atoms with Gasteiger partial charge in [-0.2, -0.15) is 0 Å². The van der Waals surface area contributed by atoms with Crippen molar-refractivity contribution in [2.75, 3.05) is 36.4 Å². The van der Waals surface area contributed by atoms with E-state index >= 15 is 0 Å². The van der Waals surface area contributed by atoms with Crippen LogP contribution >= 0.6 is 23.2 Å². The summed E-state index contributed by atoms with van der Waals surface area (Å²) in [6.07, 6.45) is 5.64. The number of nitrogens with zero attached hydrogens (tertiary/aromatic N) is 1. The highest BCUT2D eigenvalue weighted by Crippen LogP contribution is 2.30. The second-order valence-electron chi connectivity index (χ2n) is 6.27. The Labute approximate surface area is 152 Å². The molecule has 130 valence electrons. The van der Waals surface area contributed by atoms with Crippen LogP contribution in [0.3, 0.4) is 0 Å². The van der Waals surface area contributed by atoms with Gasteiger partial charge in [0, 0.05) is 48.9 Å². The van der Waals surface area contributed by atoms with Crippen LogP contribution < -0.4 is 15.5 Å². The van der Waals surface area contributed by atoms with Crippen LogP contribution in [0.2, 0.25) is 0 Å². The number of allylic oxidation sites excluding steroid dienone is 3. The molecule has 1 aromatic rings. The molecule has 0 saturated carbocycles. The monoisotopic (exact) mass is 369 g/mol. The van der Waals surface area contributed by atoms with Crippen molar-refractivity contribution in [1.82, 2.24) is 5.32 Å². The van der Waals surface area contributed by atoms with Gasteiger partial charge < -0.3 is 15.5 Å². The lowest BCUT2D eigenvalue weighted by atomic mass is 9.93. The summed E-state index contributed by atoms with van der Waals surface area (Å²) in [7, 11) is 0. The first-order chi connectivity index (χ1) is 11.5. The number of anilines is 2. The van der Waals surface area contributed by atoms with Crippen LogP contribution in [0.25, 0.3) is 0 Å². The van der Waals surface area contributed by atoms with Crippen LogP contribution in [-0.2, 0) is 0 Å². The average Bonchev–Trinajstić information content (AvgIpc) is 2.57. The Morgan fingerprint density at radius 3 is 2.79 bits per heavy atom. The number of nitrogens with one attached hydrogen (secondary N) is 2.